The minimum atomic E-state index is -0.0508. The SMILES string of the molecule is Cn1cc(N2C(=O)CC3C2CCN3C(=O)c2cccn2C)cn1. The Morgan fingerprint density at radius 2 is 2.13 bits per heavy atom. The topological polar surface area (TPSA) is 63.4 Å². The molecule has 0 bridgehead atoms. The molecule has 0 saturated carbocycles. The fourth-order valence-corrected chi connectivity index (χ4v) is 3.80. The van der Waals surface area contributed by atoms with Gasteiger partial charge in [-0.15, -0.1) is 0 Å². The third-order valence-corrected chi connectivity index (χ3v) is 4.89. The zero-order valence-electron chi connectivity index (χ0n) is 13.2. The first kappa shape index (κ1) is 14.0. The van der Waals surface area contributed by atoms with Crippen LogP contribution in [0.4, 0.5) is 5.69 Å². The lowest BCUT2D eigenvalue weighted by Crippen LogP contribution is -2.40. The van der Waals surface area contributed by atoms with Crippen LogP contribution in [0.25, 0.3) is 0 Å². The third kappa shape index (κ3) is 2.07. The van der Waals surface area contributed by atoms with Crippen molar-refractivity contribution in [3.05, 3.63) is 36.4 Å². The van der Waals surface area contributed by atoms with Crippen LogP contribution in [-0.2, 0) is 18.9 Å². The van der Waals surface area contributed by atoms with Gasteiger partial charge in [0.2, 0.25) is 5.91 Å². The van der Waals surface area contributed by atoms with Crippen LogP contribution in [0.1, 0.15) is 23.3 Å². The van der Waals surface area contributed by atoms with Crippen molar-refractivity contribution >= 4 is 17.5 Å². The number of rotatable bonds is 2. The van der Waals surface area contributed by atoms with E-state index in [4.69, 9.17) is 0 Å². The second-order valence-electron chi connectivity index (χ2n) is 6.27. The van der Waals surface area contributed by atoms with Gasteiger partial charge in [0.05, 0.1) is 24.0 Å². The van der Waals surface area contributed by atoms with Gasteiger partial charge in [-0.05, 0) is 18.6 Å². The van der Waals surface area contributed by atoms with Gasteiger partial charge in [-0.1, -0.05) is 0 Å². The normalized spacial score (nSPS) is 23.7. The minimum absolute atomic E-state index is 0.00540. The molecule has 2 aromatic heterocycles. The van der Waals surface area contributed by atoms with E-state index in [9.17, 15) is 9.59 Å². The van der Waals surface area contributed by atoms with Gasteiger partial charge in [0, 0.05) is 39.5 Å². The van der Waals surface area contributed by atoms with E-state index in [0.717, 1.165) is 12.1 Å². The highest BCUT2D eigenvalue weighted by Gasteiger charge is 2.49. The smallest absolute Gasteiger partial charge is 0.270 e. The lowest BCUT2D eigenvalue weighted by atomic mass is 10.1. The molecule has 120 valence electrons. The number of likely N-dealkylation sites (tertiary alicyclic amines) is 1. The summed E-state index contributed by atoms with van der Waals surface area (Å²) in [6.07, 6.45) is 6.61. The first-order valence-corrected chi connectivity index (χ1v) is 7.79. The lowest BCUT2D eigenvalue weighted by Gasteiger charge is -2.24. The minimum Gasteiger partial charge on any atom is -0.347 e. The van der Waals surface area contributed by atoms with Gasteiger partial charge in [0.1, 0.15) is 5.69 Å². The Morgan fingerprint density at radius 3 is 2.78 bits per heavy atom. The van der Waals surface area contributed by atoms with Gasteiger partial charge < -0.3 is 14.4 Å². The molecule has 23 heavy (non-hydrogen) atoms. The summed E-state index contributed by atoms with van der Waals surface area (Å²) in [5.74, 6) is 0.0724. The van der Waals surface area contributed by atoms with Crippen molar-refractivity contribution in [3.8, 4) is 0 Å². The van der Waals surface area contributed by atoms with Crippen LogP contribution in [0.2, 0.25) is 0 Å². The summed E-state index contributed by atoms with van der Waals surface area (Å²) in [6, 6.07) is 3.69. The van der Waals surface area contributed by atoms with Gasteiger partial charge in [-0.3, -0.25) is 14.3 Å². The summed E-state index contributed by atoms with van der Waals surface area (Å²) in [4.78, 5) is 28.9. The zero-order valence-corrected chi connectivity index (χ0v) is 13.2. The Labute approximate surface area is 134 Å². The van der Waals surface area contributed by atoms with Crippen LogP contribution in [0.5, 0.6) is 0 Å². The molecule has 2 fully saturated rings. The van der Waals surface area contributed by atoms with Crippen molar-refractivity contribution in [1.82, 2.24) is 19.2 Å². The summed E-state index contributed by atoms with van der Waals surface area (Å²) in [7, 11) is 3.70. The number of carbonyl (C=O) groups is 2. The number of carbonyl (C=O) groups excluding carboxylic acids is 2. The van der Waals surface area contributed by atoms with E-state index in [1.54, 1.807) is 10.9 Å². The molecule has 7 heteroatoms. The van der Waals surface area contributed by atoms with Crippen LogP contribution in [0, 0.1) is 0 Å². The van der Waals surface area contributed by atoms with Gasteiger partial charge in [-0.25, -0.2) is 0 Å². The van der Waals surface area contributed by atoms with Crippen LogP contribution in [0.15, 0.2) is 30.7 Å². The summed E-state index contributed by atoms with van der Waals surface area (Å²) >= 11 is 0. The standard InChI is InChI=1S/C16H19N5O2/c1-18-6-3-4-13(18)16(23)20-7-5-12-14(20)8-15(22)21(12)11-9-17-19(2)10-11/h3-4,6,9-10,12,14H,5,7-8H2,1-2H3. The summed E-state index contributed by atoms with van der Waals surface area (Å²) in [6.45, 7) is 0.684. The summed E-state index contributed by atoms with van der Waals surface area (Å²) in [5.41, 5.74) is 1.48. The van der Waals surface area contributed by atoms with E-state index in [0.29, 0.717) is 18.7 Å². The number of aromatic nitrogens is 3. The fourth-order valence-electron chi connectivity index (χ4n) is 3.80. The van der Waals surface area contributed by atoms with Crippen molar-refractivity contribution in [2.75, 3.05) is 11.4 Å². The van der Waals surface area contributed by atoms with Crippen LogP contribution < -0.4 is 4.90 Å². The molecule has 7 nitrogen and oxygen atoms in total. The van der Waals surface area contributed by atoms with E-state index < -0.39 is 0 Å². The van der Waals surface area contributed by atoms with Gasteiger partial charge in [-0.2, -0.15) is 5.10 Å². The molecule has 0 aliphatic carbocycles. The molecule has 4 rings (SSSR count). The average Bonchev–Trinajstić information content (AvgIpc) is 3.24. The molecule has 2 atom stereocenters. The van der Waals surface area contributed by atoms with Crippen molar-refractivity contribution in [2.45, 2.75) is 24.9 Å². The molecule has 0 radical (unpaired) electrons. The first-order valence-electron chi connectivity index (χ1n) is 7.79. The Hall–Kier alpha value is -2.57. The molecule has 2 aliphatic heterocycles. The highest BCUT2D eigenvalue weighted by Crippen LogP contribution is 2.36. The second kappa shape index (κ2) is 4.97. The summed E-state index contributed by atoms with van der Waals surface area (Å²) in [5, 5.41) is 4.16. The van der Waals surface area contributed by atoms with Gasteiger partial charge in [0.25, 0.3) is 5.91 Å². The van der Waals surface area contributed by atoms with Crippen molar-refractivity contribution < 1.29 is 9.59 Å². The Morgan fingerprint density at radius 1 is 1.30 bits per heavy atom. The average molecular weight is 313 g/mol. The van der Waals surface area contributed by atoms with E-state index in [2.05, 4.69) is 5.10 Å². The van der Waals surface area contributed by atoms with E-state index in [-0.39, 0.29) is 23.9 Å². The Balaban J connectivity index is 1.61. The highest BCUT2D eigenvalue weighted by molar-refractivity contribution is 5.99. The Kier molecular flexibility index (Phi) is 3.04. The third-order valence-electron chi connectivity index (χ3n) is 4.89. The van der Waals surface area contributed by atoms with Crippen molar-refractivity contribution in [1.29, 1.82) is 0 Å². The molecule has 0 spiro atoms. The number of aryl methyl sites for hydroxylation is 2. The maximum atomic E-state index is 12.8. The number of nitrogens with zero attached hydrogens (tertiary/aromatic N) is 5. The van der Waals surface area contributed by atoms with Crippen molar-refractivity contribution in [2.24, 2.45) is 14.1 Å². The number of anilines is 1. The molecule has 4 heterocycles. The fraction of sp³-hybridized carbons (Fsp3) is 0.438. The number of fused-ring (bicyclic) bond motifs is 1. The largest absolute Gasteiger partial charge is 0.347 e. The molecule has 2 aliphatic rings. The molecular weight excluding hydrogens is 294 g/mol. The Bertz CT molecular complexity index is 777. The maximum Gasteiger partial charge on any atom is 0.270 e. The predicted octanol–water partition coefficient (Wildman–Crippen LogP) is 0.779. The maximum absolute atomic E-state index is 12.8. The zero-order chi connectivity index (χ0) is 16.1. The van der Waals surface area contributed by atoms with Gasteiger partial charge >= 0.3 is 0 Å². The second-order valence-corrected chi connectivity index (χ2v) is 6.27. The molecule has 2 aromatic rings. The van der Waals surface area contributed by atoms with E-state index >= 15 is 0 Å². The molecule has 0 N–H and O–H groups in total. The molecular formula is C16H19N5O2. The predicted molar refractivity (Wildman–Crippen MR) is 84.0 cm³/mol. The number of hydrogen-bond donors (Lipinski definition) is 0. The molecule has 2 unspecified atom stereocenters. The highest BCUT2D eigenvalue weighted by atomic mass is 16.2. The van der Waals surface area contributed by atoms with Gasteiger partial charge in [0.15, 0.2) is 0 Å². The van der Waals surface area contributed by atoms with Crippen LogP contribution in [-0.4, -0.2) is 49.7 Å². The number of amides is 2. The van der Waals surface area contributed by atoms with Crippen molar-refractivity contribution in [3.63, 3.8) is 0 Å². The molecule has 2 saturated heterocycles. The molecule has 2 amide bonds. The molecule has 0 aromatic carbocycles. The summed E-state index contributed by atoms with van der Waals surface area (Å²) < 4.78 is 3.52. The lowest BCUT2D eigenvalue weighted by molar-refractivity contribution is -0.117. The van der Waals surface area contributed by atoms with Crippen LogP contribution in [0.3, 0.4) is 0 Å². The van der Waals surface area contributed by atoms with E-state index in [1.165, 1.54) is 0 Å². The number of hydrogen-bond acceptors (Lipinski definition) is 3. The van der Waals surface area contributed by atoms with E-state index in [1.807, 2.05) is 53.0 Å². The first-order chi connectivity index (χ1) is 11.1. The quantitative estimate of drug-likeness (QED) is 0.823. The van der Waals surface area contributed by atoms with Crippen LogP contribution >= 0.6 is 0 Å². The monoisotopic (exact) mass is 313 g/mol.